The third kappa shape index (κ3) is 6.33. The van der Waals surface area contributed by atoms with Gasteiger partial charge in [0.25, 0.3) is 0 Å². The summed E-state index contributed by atoms with van der Waals surface area (Å²) in [4.78, 5) is 14.7. The summed E-state index contributed by atoms with van der Waals surface area (Å²) in [5.41, 5.74) is 4.92. The summed E-state index contributed by atoms with van der Waals surface area (Å²) >= 11 is 0. The first-order valence-corrected chi connectivity index (χ1v) is 13.1. The van der Waals surface area contributed by atoms with Crippen molar-refractivity contribution in [2.24, 2.45) is 0 Å². The summed E-state index contributed by atoms with van der Waals surface area (Å²) in [7, 11) is -2.46. The fraction of sp³-hybridized carbons (Fsp3) is 0.400. The summed E-state index contributed by atoms with van der Waals surface area (Å²) in [5, 5.41) is 8.33. The van der Waals surface area contributed by atoms with E-state index in [0.29, 0.717) is 25.3 Å². The van der Waals surface area contributed by atoms with Crippen LogP contribution in [0, 0.1) is 13.8 Å². The van der Waals surface area contributed by atoms with Gasteiger partial charge in [0.1, 0.15) is 6.04 Å². The van der Waals surface area contributed by atoms with Gasteiger partial charge in [-0.15, -0.1) is 5.10 Å². The normalized spacial score (nSPS) is 18.8. The Morgan fingerprint density at radius 2 is 1.57 bits per heavy atom. The lowest BCUT2D eigenvalue weighted by Gasteiger charge is -2.28. The van der Waals surface area contributed by atoms with Crippen LogP contribution in [0.25, 0.3) is 0 Å². The van der Waals surface area contributed by atoms with Gasteiger partial charge >= 0.3 is 5.97 Å². The summed E-state index contributed by atoms with van der Waals surface area (Å²) in [6, 6.07) is 15.2. The molecule has 0 spiro atoms. The Morgan fingerprint density at radius 1 is 0.971 bits per heavy atom. The number of carbonyl (C=O) groups excluding carboxylic acids is 1. The summed E-state index contributed by atoms with van der Waals surface area (Å²) < 4.78 is 34.4. The van der Waals surface area contributed by atoms with Gasteiger partial charge < -0.3 is 4.74 Å². The third-order valence-corrected chi connectivity index (χ3v) is 7.97. The molecule has 1 atom stereocenters. The highest BCUT2D eigenvalue weighted by molar-refractivity contribution is 7.89. The molecule has 0 aliphatic carbocycles. The van der Waals surface area contributed by atoms with E-state index in [1.165, 1.54) is 17.0 Å². The number of benzene rings is 2. The fourth-order valence-corrected chi connectivity index (χ4v) is 5.74. The maximum absolute atomic E-state index is 13.2. The Balaban J connectivity index is 1.53. The average Bonchev–Trinajstić information content (AvgIpc) is 3.24. The molecular weight excluding hydrogens is 466 g/mol. The molecule has 1 aliphatic heterocycles. The number of aromatic nitrogens is 3. The standard InChI is InChI=1S/C25H31N5O4S/c1-19-4-8-21(9-5-19)14-28-12-13-35(32,33)30(24(18-28)25(31)34-3)17-23-16-29(27-26-23)15-22-10-6-20(2)7-11-22/h4-11,16,24H,12-15,17-18H2,1-3H3. The van der Waals surface area contributed by atoms with Crippen molar-refractivity contribution in [3.63, 3.8) is 0 Å². The number of methoxy groups -OCH3 is 1. The second-order valence-corrected chi connectivity index (χ2v) is 11.1. The quantitative estimate of drug-likeness (QED) is 0.461. The molecule has 1 fully saturated rings. The number of sulfonamides is 1. The van der Waals surface area contributed by atoms with Crippen LogP contribution in [-0.4, -0.2) is 70.6 Å². The molecule has 35 heavy (non-hydrogen) atoms. The second kappa shape index (κ2) is 10.7. The average molecular weight is 498 g/mol. The maximum Gasteiger partial charge on any atom is 0.325 e. The molecule has 2 heterocycles. The zero-order chi connectivity index (χ0) is 25.0. The van der Waals surface area contributed by atoms with Crippen molar-refractivity contribution in [2.45, 2.75) is 39.5 Å². The van der Waals surface area contributed by atoms with Crippen molar-refractivity contribution in [3.05, 3.63) is 82.7 Å². The molecule has 0 N–H and O–H groups in total. The highest BCUT2D eigenvalue weighted by Gasteiger charge is 2.40. The van der Waals surface area contributed by atoms with Gasteiger partial charge in [0.2, 0.25) is 10.0 Å². The van der Waals surface area contributed by atoms with Crippen LogP contribution >= 0.6 is 0 Å². The minimum absolute atomic E-state index is 0.0473. The first-order valence-electron chi connectivity index (χ1n) is 11.5. The zero-order valence-electron chi connectivity index (χ0n) is 20.3. The van der Waals surface area contributed by atoms with E-state index in [1.807, 2.05) is 67.3 Å². The predicted octanol–water partition coefficient (Wildman–Crippen LogP) is 2.13. The number of ether oxygens (including phenoxy) is 1. The Hall–Kier alpha value is -3.08. The van der Waals surface area contributed by atoms with Gasteiger partial charge in [-0.2, -0.15) is 4.31 Å². The van der Waals surface area contributed by atoms with Crippen molar-refractivity contribution in [1.82, 2.24) is 24.2 Å². The van der Waals surface area contributed by atoms with Crippen LogP contribution in [0.15, 0.2) is 54.7 Å². The molecular formula is C25H31N5O4S. The molecule has 1 aliphatic rings. The number of nitrogens with zero attached hydrogens (tertiary/aromatic N) is 5. The fourth-order valence-electron chi connectivity index (χ4n) is 4.14. The molecule has 3 aromatic rings. The Kier molecular flexibility index (Phi) is 7.63. The van der Waals surface area contributed by atoms with E-state index in [-0.39, 0.29) is 18.8 Å². The van der Waals surface area contributed by atoms with Gasteiger partial charge in [-0.3, -0.25) is 9.69 Å². The number of esters is 1. The molecule has 2 aromatic carbocycles. The molecule has 9 nitrogen and oxygen atoms in total. The first-order chi connectivity index (χ1) is 16.7. The van der Waals surface area contributed by atoms with Crippen molar-refractivity contribution in [2.75, 3.05) is 26.0 Å². The molecule has 1 aromatic heterocycles. The third-order valence-electron chi connectivity index (χ3n) is 6.17. The predicted molar refractivity (Wildman–Crippen MR) is 132 cm³/mol. The molecule has 4 rings (SSSR count). The molecule has 10 heteroatoms. The Labute approximate surface area is 206 Å². The van der Waals surface area contributed by atoms with E-state index in [4.69, 9.17) is 4.74 Å². The minimum atomic E-state index is -3.73. The van der Waals surface area contributed by atoms with Crippen molar-refractivity contribution in [1.29, 1.82) is 0 Å². The highest BCUT2D eigenvalue weighted by atomic mass is 32.2. The van der Waals surface area contributed by atoms with Gasteiger partial charge in [0.05, 0.1) is 37.8 Å². The van der Waals surface area contributed by atoms with Crippen molar-refractivity contribution < 1.29 is 17.9 Å². The number of hydrogen-bond donors (Lipinski definition) is 0. The van der Waals surface area contributed by atoms with Crippen LogP contribution in [0.4, 0.5) is 0 Å². The van der Waals surface area contributed by atoms with Crippen LogP contribution in [0.1, 0.15) is 27.9 Å². The molecule has 186 valence electrons. The minimum Gasteiger partial charge on any atom is -0.468 e. The van der Waals surface area contributed by atoms with Crippen LogP contribution in [0.2, 0.25) is 0 Å². The van der Waals surface area contributed by atoms with Gasteiger partial charge in [0.15, 0.2) is 0 Å². The van der Waals surface area contributed by atoms with Crippen LogP contribution < -0.4 is 0 Å². The van der Waals surface area contributed by atoms with E-state index < -0.39 is 22.0 Å². The number of carbonyl (C=O) groups is 1. The molecule has 0 radical (unpaired) electrons. The van der Waals surface area contributed by atoms with Gasteiger partial charge in [-0.25, -0.2) is 13.1 Å². The van der Waals surface area contributed by atoms with E-state index in [0.717, 1.165) is 16.7 Å². The first kappa shape index (κ1) is 25.0. The Bertz CT molecular complexity index is 1260. The lowest BCUT2D eigenvalue weighted by molar-refractivity contribution is -0.145. The molecule has 0 saturated carbocycles. The van der Waals surface area contributed by atoms with Gasteiger partial charge in [0, 0.05) is 19.6 Å². The topological polar surface area (TPSA) is 97.6 Å². The van der Waals surface area contributed by atoms with Crippen molar-refractivity contribution >= 4 is 16.0 Å². The SMILES string of the molecule is COC(=O)C1CN(Cc2ccc(C)cc2)CCS(=O)(=O)N1Cc1cn(Cc2ccc(C)cc2)nn1. The van der Waals surface area contributed by atoms with E-state index >= 15 is 0 Å². The Morgan fingerprint density at radius 3 is 2.17 bits per heavy atom. The lowest BCUT2D eigenvalue weighted by Crippen LogP contribution is -2.48. The summed E-state index contributed by atoms with van der Waals surface area (Å²) in [6.07, 6.45) is 1.72. The smallest absolute Gasteiger partial charge is 0.325 e. The highest BCUT2D eigenvalue weighted by Crippen LogP contribution is 2.21. The second-order valence-electron chi connectivity index (χ2n) is 9.01. The zero-order valence-corrected chi connectivity index (χ0v) is 21.1. The van der Waals surface area contributed by atoms with Crippen molar-refractivity contribution in [3.8, 4) is 0 Å². The lowest BCUT2D eigenvalue weighted by atomic mass is 10.1. The summed E-state index contributed by atoms with van der Waals surface area (Å²) in [6.45, 7) is 5.61. The monoisotopic (exact) mass is 497 g/mol. The van der Waals surface area contributed by atoms with Crippen LogP contribution in [0.5, 0.6) is 0 Å². The number of rotatable bonds is 7. The molecule has 1 saturated heterocycles. The van der Waals surface area contributed by atoms with E-state index in [1.54, 1.807) is 10.9 Å². The molecule has 1 unspecified atom stereocenters. The van der Waals surface area contributed by atoms with E-state index in [2.05, 4.69) is 10.3 Å². The number of hydrogen-bond acceptors (Lipinski definition) is 7. The molecule has 0 bridgehead atoms. The van der Waals surface area contributed by atoms with Crippen LogP contribution in [-0.2, 0) is 39.2 Å². The number of aryl methyl sites for hydroxylation is 2. The van der Waals surface area contributed by atoms with Gasteiger partial charge in [-0.05, 0) is 25.0 Å². The van der Waals surface area contributed by atoms with Crippen LogP contribution in [0.3, 0.4) is 0 Å². The van der Waals surface area contributed by atoms with E-state index in [9.17, 15) is 13.2 Å². The largest absolute Gasteiger partial charge is 0.468 e. The van der Waals surface area contributed by atoms with Gasteiger partial charge in [-0.1, -0.05) is 64.9 Å². The maximum atomic E-state index is 13.2. The molecule has 0 amide bonds. The summed E-state index contributed by atoms with van der Waals surface area (Å²) in [5.74, 6) is -0.680.